The topological polar surface area (TPSA) is 114 Å². The van der Waals surface area contributed by atoms with Gasteiger partial charge < -0.3 is 21.1 Å². The van der Waals surface area contributed by atoms with Crippen molar-refractivity contribution in [3.63, 3.8) is 0 Å². The Balaban J connectivity index is 2.12. The van der Waals surface area contributed by atoms with Gasteiger partial charge >= 0.3 is 0 Å². The number of carbonyl (C=O) groups excluding carboxylic acids is 3. The number of methoxy groups -OCH3 is 1. The van der Waals surface area contributed by atoms with E-state index in [0.717, 1.165) is 22.4 Å². The van der Waals surface area contributed by atoms with Gasteiger partial charge in [-0.25, -0.2) is 0 Å². The summed E-state index contributed by atoms with van der Waals surface area (Å²) in [5.74, 6) is -0.357. The standard InChI is InChI=1S/C18H26N4O4/c1-11-12(2)15(26-3)5-4-13(11)10-22-7-6-20-18(25)14(22)8-17(24)21-9-16(19)23/h4-5,14H,6-10H2,1-3H3,(H2,19,23)(H,20,25)(H,21,24). The molecule has 0 saturated carbocycles. The van der Waals surface area contributed by atoms with Crippen molar-refractivity contribution >= 4 is 17.7 Å². The van der Waals surface area contributed by atoms with Crippen LogP contribution in [0.3, 0.4) is 0 Å². The van der Waals surface area contributed by atoms with Crippen LogP contribution in [0.2, 0.25) is 0 Å². The molecule has 1 atom stereocenters. The zero-order valence-electron chi connectivity index (χ0n) is 15.4. The Morgan fingerprint density at radius 2 is 2.08 bits per heavy atom. The van der Waals surface area contributed by atoms with E-state index in [1.165, 1.54) is 0 Å². The summed E-state index contributed by atoms with van der Waals surface area (Å²) in [6.45, 7) is 5.51. The third-order valence-corrected chi connectivity index (χ3v) is 4.72. The van der Waals surface area contributed by atoms with E-state index in [1.807, 2.05) is 30.9 Å². The van der Waals surface area contributed by atoms with Crippen LogP contribution in [0.5, 0.6) is 5.75 Å². The van der Waals surface area contributed by atoms with Gasteiger partial charge in [0, 0.05) is 19.6 Å². The maximum atomic E-state index is 12.3. The largest absolute Gasteiger partial charge is 0.496 e. The molecule has 26 heavy (non-hydrogen) atoms. The van der Waals surface area contributed by atoms with E-state index >= 15 is 0 Å². The van der Waals surface area contributed by atoms with Crippen LogP contribution in [0.25, 0.3) is 0 Å². The predicted molar refractivity (Wildman–Crippen MR) is 96.5 cm³/mol. The van der Waals surface area contributed by atoms with E-state index in [-0.39, 0.29) is 24.8 Å². The summed E-state index contributed by atoms with van der Waals surface area (Å²) in [6.07, 6.45) is -0.0205. The van der Waals surface area contributed by atoms with Gasteiger partial charge in [0.25, 0.3) is 0 Å². The number of amides is 3. The quantitative estimate of drug-likeness (QED) is 0.611. The van der Waals surface area contributed by atoms with E-state index in [1.54, 1.807) is 7.11 Å². The number of hydrogen-bond donors (Lipinski definition) is 3. The monoisotopic (exact) mass is 362 g/mol. The number of carbonyl (C=O) groups is 3. The molecule has 0 radical (unpaired) electrons. The van der Waals surface area contributed by atoms with Crippen molar-refractivity contribution in [3.8, 4) is 5.75 Å². The van der Waals surface area contributed by atoms with Gasteiger partial charge in [0.2, 0.25) is 17.7 Å². The van der Waals surface area contributed by atoms with Crippen LogP contribution in [0.1, 0.15) is 23.1 Å². The molecule has 1 unspecified atom stereocenters. The zero-order valence-corrected chi connectivity index (χ0v) is 15.4. The second kappa shape index (κ2) is 8.66. The van der Waals surface area contributed by atoms with Crippen molar-refractivity contribution in [1.29, 1.82) is 0 Å². The Hall–Kier alpha value is -2.61. The van der Waals surface area contributed by atoms with Crippen LogP contribution in [-0.2, 0) is 20.9 Å². The molecule has 1 saturated heterocycles. The molecule has 1 aromatic carbocycles. The molecule has 2 rings (SSSR count). The third-order valence-electron chi connectivity index (χ3n) is 4.72. The first-order chi connectivity index (χ1) is 12.3. The smallest absolute Gasteiger partial charge is 0.237 e. The Bertz CT molecular complexity index is 705. The van der Waals surface area contributed by atoms with Crippen LogP contribution >= 0.6 is 0 Å². The minimum absolute atomic E-state index is 0.0205. The highest BCUT2D eigenvalue weighted by molar-refractivity contribution is 5.90. The zero-order chi connectivity index (χ0) is 19.3. The highest BCUT2D eigenvalue weighted by Gasteiger charge is 2.32. The fraction of sp³-hybridized carbons (Fsp3) is 0.500. The van der Waals surface area contributed by atoms with Gasteiger partial charge in [-0.1, -0.05) is 6.07 Å². The lowest BCUT2D eigenvalue weighted by Crippen LogP contribution is -2.56. The van der Waals surface area contributed by atoms with Gasteiger partial charge in [0.15, 0.2) is 0 Å². The molecule has 0 aromatic heterocycles. The lowest BCUT2D eigenvalue weighted by molar-refractivity contribution is -0.134. The summed E-state index contributed by atoms with van der Waals surface area (Å²) in [4.78, 5) is 37.1. The number of ether oxygens (including phenoxy) is 1. The average Bonchev–Trinajstić information content (AvgIpc) is 2.60. The number of hydrogen-bond acceptors (Lipinski definition) is 5. The van der Waals surface area contributed by atoms with Gasteiger partial charge in [-0.15, -0.1) is 0 Å². The first-order valence-corrected chi connectivity index (χ1v) is 8.53. The molecule has 1 aliphatic heterocycles. The van der Waals surface area contributed by atoms with Gasteiger partial charge in [-0.3, -0.25) is 19.3 Å². The van der Waals surface area contributed by atoms with Crippen molar-refractivity contribution in [2.45, 2.75) is 32.9 Å². The number of nitrogens with one attached hydrogen (secondary N) is 2. The predicted octanol–water partition coefficient (Wildman–Crippen LogP) is -0.396. The lowest BCUT2D eigenvalue weighted by atomic mass is 10.00. The van der Waals surface area contributed by atoms with Crippen molar-refractivity contribution in [1.82, 2.24) is 15.5 Å². The van der Waals surface area contributed by atoms with E-state index in [9.17, 15) is 14.4 Å². The van der Waals surface area contributed by atoms with Gasteiger partial charge in [0.05, 0.1) is 26.1 Å². The highest BCUT2D eigenvalue weighted by Crippen LogP contribution is 2.25. The minimum Gasteiger partial charge on any atom is -0.496 e. The summed E-state index contributed by atoms with van der Waals surface area (Å²) in [5, 5.41) is 5.22. The van der Waals surface area contributed by atoms with Crippen molar-refractivity contribution in [2.24, 2.45) is 5.73 Å². The summed E-state index contributed by atoms with van der Waals surface area (Å²) in [6, 6.07) is 3.31. The molecule has 1 fully saturated rings. The Labute approximate surface area is 153 Å². The number of nitrogens with two attached hydrogens (primary N) is 1. The SMILES string of the molecule is COc1ccc(CN2CCNC(=O)C2CC(=O)NCC(N)=O)c(C)c1C. The fourth-order valence-electron chi connectivity index (χ4n) is 3.07. The lowest BCUT2D eigenvalue weighted by Gasteiger charge is -2.35. The number of benzene rings is 1. The number of piperazine rings is 1. The van der Waals surface area contributed by atoms with Crippen LogP contribution in [0, 0.1) is 13.8 Å². The van der Waals surface area contributed by atoms with Crippen LogP contribution < -0.4 is 21.1 Å². The molecular weight excluding hydrogens is 336 g/mol. The second-order valence-electron chi connectivity index (χ2n) is 6.40. The molecule has 8 heteroatoms. The summed E-state index contributed by atoms with van der Waals surface area (Å²) >= 11 is 0. The number of primary amides is 1. The van der Waals surface area contributed by atoms with Crippen LogP contribution in [0.15, 0.2) is 12.1 Å². The number of rotatable bonds is 7. The number of nitrogens with zero attached hydrogens (tertiary/aromatic N) is 1. The summed E-state index contributed by atoms with van der Waals surface area (Å²) < 4.78 is 5.34. The minimum atomic E-state index is -0.618. The molecule has 1 aromatic rings. The molecule has 0 bridgehead atoms. The molecule has 0 spiro atoms. The maximum absolute atomic E-state index is 12.3. The molecule has 1 aliphatic rings. The Morgan fingerprint density at radius 1 is 1.35 bits per heavy atom. The molecule has 3 amide bonds. The van der Waals surface area contributed by atoms with Crippen molar-refractivity contribution in [3.05, 3.63) is 28.8 Å². The first kappa shape index (κ1) is 19.7. The van der Waals surface area contributed by atoms with Gasteiger partial charge in [0.1, 0.15) is 5.75 Å². The van der Waals surface area contributed by atoms with E-state index in [4.69, 9.17) is 10.5 Å². The summed E-state index contributed by atoms with van der Waals surface area (Å²) in [7, 11) is 1.64. The van der Waals surface area contributed by atoms with Crippen LogP contribution in [0.4, 0.5) is 0 Å². The van der Waals surface area contributed by atoms with Crippen molar-refractivity contribution in [2.75, 3.05) is 26.7 Å². The molecule has 1 heterocycles. The molecular formula is C18H26N4O4. The Morgan fingerprint density at radius 3 is 2.73 bits per heavy atom. The van der Waals surface area contributed by atoms with Gasteiger partial charge in [-0.05, 0) is 36.6 Å². The third kappa shape index (κ3) is 4.72. The van der Waals surface area contributed by atoms with Crippen LogP contribution in [-0.4, -0.2) is 55.4 Å². The second-order valence-corrected chi connectivity index (χ2v) is 6.40. The molecule has 142 valence electrons. The maximum Gasteiger partial charge on any atom is 0.237 e. The molecule has 8 nitrogen and oxygen atoms in total. The van der Waals surface area contributed by atoms with E-state index < -0.39 is 11.9 Å². The normalized spacial score (nSPS) is 17.5. The van der Waals surface area contributed by atoms with E-state index in [0.29, 0.717) is 19.6 Å². The molecule has 0 aliphatic carbocycles. The van der Waals surface area contributed by atoms with E-state index in [2.05, 4.69) is 10.6 Å². The van der Waals surface area contributed by atoms with Crippen molar-refractivity contribution < 1.29 is 19.1 Å². The Kier molecular flexibility index (Phi) is 6.57. The molecule has 4 N–H and O–H groups in total. The fourth-order valence-corrected chi connectivity index (χ4v) is 3.07. The highest BCUT2D eigenvalue weighted by atomic mass is 16.5. The summed E-state index contributed by atoms with van der Waals surface area (Å²) in [5.41, 5.74) is 8.28. The first-order valence-electron chi connectivity index (χ1n) is 8.53. The van der Waals surface area contributed by atoms with Gasteiger partial charge in [-0.2, -0.15) is 0 Å². The average molecular weight is 362 g/mol.